The lowest BCUT2D eigenvalue weighted by molar-refractivity contribution is -0.131. The first-order chi connectivity index (χ1) is 11.2. The second kappa shape index (κ2) is 6.81. The highest BCUT2D eigenvalue weighted by Gasteiger charge is 2.26. The zero-order valence-electron chi connectivity index (χ0n) is 13.5. The summed E-state index contributed by atoms with van der Waals surface area (Å²) in [6.45, 7) is 3.42. The van der Waals surface area contributed by atoms with E-state index in [4.69, 9.17) is 9.15 Å². The Kier molecular flexibility index (Phi) is 4.60. The van der Waals surface area contributed by atoms with Gasteiger partial charge in [-0.05, 0) is 37.1 Å². The summed E-state index contributed by atoms with van der Waals surface area (Å²) in [7, 11) is 1.63. The fourth-order valence-corrected chi connectivity index (χ4v) is 2.85. The van der Waals surface area contributed by atoms with E-state index in [-0.39, 0.29) is 11.8 Å². The molecule has 0 N–H and O–H groups in total. The van der Waals surface area contributed by atoms with Crippen molar-refractivity contribution in [1.29, 1.82) is 0 Å². The Morgan fingerprint density at radius 1 is 1.26 bits per heavy atom. The van der Waals surface area contributed by atoms with Gasteiger partial charge in [0, 0.05) is 31.0 Å². The molecule has 1 aromatic carbocycles. The van der Waals surface area contributed by atoms with Gasteiger partial charge in [-0.15, -0.1) is 10.2 Å². The van der Waals surface area contributed by atoms with E-state index in [1.54, 1.807) is 7.11 Å². The molecule has 0 atom stereocenters. The molecule has 0 radical (unpaired) electrons. The minimum absolute atomic E-state index is 0.216. The van der Waals surface area contributed by atoms with E-state index in [1.807, 2.05) is 36.1 Å². The molecule has 2 heterocycles. The van der Waals surface area contributed by atoms with Gasteiger partial charge in [0.2, 0.25) is 17.7 Å². The number of carbonyl (C=O) groups excluding carboxylic acids is 1. The van der Waals surface area contributed by atoms with Gasteiger partial charge < -0.3 is 14.1 Å². The van der Waals surface area contributed by atoms with Crippen molar-refractivity contribution in [3.05, 3.63) is 30.2 Å². The van der Waals surface area contributed by atoms with Crippen LogP contribution in [0.15, 0.2) is 28.7 Å². The van der Waals surface area contributed by atoms with Crippen LogP contribution in [0.3, 0.4) is 0 Å². The molecule has 0 saturated carbocycles. The number of methoxy groups -OCH3 is 1. The predicted molar refractivity (Wildman–Crippen MR) is 85.1 cm³/mol. The number of nitrogens with zero attached hydrogens (tertiary/aromatic N) is 3. The molecule has 3 rings (SSSR count). The standard InChI is InChI=1S/C17H21N3O3/c1-3-15(21)20-10-8-13(9-11-20)17-19-18-16(23-17)12-4-6-14(22-2)7-5-12/h4-7,13H,3,8-11H2,1-2H3. The van der Waals surface area contributed by atoms with E-state index in [1.165, 1.54) is 0 Å². The Bertz CT molecular complexity index is 658. The van der Waals surface area contributed by atoms with E-state index >= 15 is 0 Å². The van der Waals surface area contributed by atoms with Crippen LogP contribution in [0.5, 0.6) is 5.75 Å². The smallest absolute Gasteiger partial charge is 0.247 e. The summed E-state index contributed by atoms with van der Waals surface area (Å²) < 4.78 is 11.0. The molecule has 1 aliphatic rings. The van der Waals surface area contributed by atoms with Crippen molar-refractivity contribution >= 4 is 5.91 Å². The first-order valence-corrected chi connectivity index (χ1v) is 7.97. The van der Waals surface area contributed by atoms with Gasteiger partial charge in [0.05, 0.1) is 7.11 Å². The quantitative estimate of drug-likeness (QED) is 0.868. The summed E-state index contributed by atoms with van der Waals surface area (Å²) in [6, 6.07) is 7.54. The Balaban J connectivity index is 1.66. The third kappa shape index (κ3) is 3.36. The summed E-state index contributed by atoms with van der Waals surface area (Å²) in [5.74, 6) is 2.43. The van der Waals surface area contributed by atoms with Gasteiger partial charge in [-0.1, -0.05) is 6.92 Å². The summed E-state index contributed by atoms with van der Waals surface area (Å²) in [5.41, 5.74) is 0.878. The second-order valence-corrected chi connectivity index (χ2v) is 5.68. The molecule has 1 aliphatic heterocycles. The lowest BCUT2D eigenvalue weighted by atomic mass is 9.96. The van der Waals surface area contributed by atoms with Crippen molar-refractivity contribution < 1.29 is 13.9 Å². The maximum atomic E-state index is 11.7. The molecule has 1 aromatic heterocycles. The van der Waals surface area contributed by atoms with E-state index in [2.05, 4.69) is 10.2 Å². The molecule has 0 unspecified atom stereocenters. The third-order valence-electron chi connectivity index (χ3n) is 4.28. The molecule has 1 saturated heterocycles. The van der Waals surface area contributed by atoms with E-state index in [9.17, 15) is 4.79 Å². The van der Waals surface area contributed by atoms with Gasteiger partial charge in [0.15, 0.2) is 0 Å². The zero-order chi connectivity index (χ0) is 16.2. The Labute approximate surface area is 135 Å². The topological polar surface area (TPSA) is 68.5 Å². The number of rotatable bonds is 4. The number of hydrogen-bond acceptors (Lipinski definition) is 5. The minimum Gasteiger partial charge on any atom is -0.497 e. The van der Waals surface area contributed by atoms with Gasteiger partial charge in [0.25, 0.3) is 0 Å². The van der Waals surface area contributed by atoms with Gasteiger partial charge in [-0.3, -0.25) is 4.79 Å². The number of likely N-dealkylation sites (tertiary alicyclic amines) is 1. The highest BCUT2D eigenvalue weighted by molar-refractivity contribution is 5.75. The van der Waals surface area contributed by atoms with Crippen molar-refractivity contribution in [3.63, 3.8) is 0 Å². The normalized spacial score (nSPS) is 15.7. The summed E-state index contributed by atoms with van der Waals surface area (Å²) >= 11 is 0. The summed E-state index contributed by atoms with van der Waals surface area (Å²) in [6.07, 6.45) is 2.30. The average Bonchev–Trinajstić information content (AvgIpc) is 3.11. The van der Waals surface area contributed by atoms with Crippen LogP contribution >= 0.6 is 0 Å². The average molecular weight is 315 g/mol. The Morgan fingerprint density at radius 2 is 1.96 bits per heavy atom. The molecule has 2 aromatic rings. The van der Waals surface area contributed by atoms with Gasteiger partial charge in [-0.2, -0.15) is 0 Å². The largest absolute Gasteiger partial charge is 0.497 e. The van der Waals surface area contributed by atoms with E-state index in [0.717, 1.165) is 37.2 Å². The number of hydrogen-bond donors (Lipinski definition) is 0. The van der Waals surface area contributed by atoms with Crippen molar-refractivity contribution in [2.24, 2.45) is 0 Å². The molecule has 1 fully saturated rings. The van der Waals surface area contributed by atoms with Crippen LogP contribution in [-0.4, -0.2) is 41.2 Å². The highest BCUT2D eigenvalue weighted by Crippen LogP contribution is 2.30. The van der Waals surface area contributed by atoms with Crippen molar-refractivity contribution in [3.8, 4) is 17.2 Å². The molecular weight excluding hydrogens is 294 g/mol. The number of carbonyl (C=O) groups is 1. The van der Waals surface area contributed by atoms with Crippen LogP contribution in [0, 0.1) is 0 Å². The molecule has 1 amide bonds. The number of benzene rings is 1. The first kappa shape index (κ1) is 15.5. The monoisotopic (exact) mass is 315 g/mol. The predicted octanol–water partition coefficient (Wildman–Crippen LogP) is 2.86. The molecule has 0 bridgehead atoms. The fraction of sp³-hybridized carbons (Fsp3) is 0.471. The van der Waals surface area contributed by atoms with Crippen LogP contribution in [-0.2, 0) is 4.79 Å². The summed E-state index contributed by atoms with van der Waals surface area (Å²) in [5, 5.41) is 8.35. The Hall–Kier alpha value is -2.37. The molecule has 23 heavy (non-hydrogen) atoms. The van der Waals surface area contributed by atoms with Gasteiger partial charge in [-0.25, -0.2) is 0 Å². The lowest BCUT2D eigenvalue weighted by Gasteiger charge is -2.30. The molecule has 0 spiro atoms. The van der Waals surface area contributed by atoms with Gasteiger partial charge in [0.1, 0.15) is 5.75 Å². The molecular formula is C17H21N3O3. The number of piperidine rings is 1. The minimum atomic E-state index is 0.216. The van der Waals surface area contributed by atoms with E-state index < -0.39 is 0 Å². The maximum absolute atomic E-state index is 11.7. The number of amides is 1. The molecule has 6 heteroatoms. The van der Waals surface area contributed by atoms with Crippen LogP contribution in [0.1, 0.15) is 38.0 Å². The molecule has 122 valence electrons. The third-order valence-corrected chi connectivity index (χ3v) is 4.28. The van der Waals surface area contributed by atoms with Crippen LogP contribution in [0.25, 0.3) is 11.5 Å². The Morgan fingerprint density at radius 3 is 2.57 bits per heavy atom. The molecule has 6 nitrogen and oxygen atoms in total. The maximum Gasteiger partial charge on any atom is 0.247 e. The van der Waals surface area contributed by atoms with Crippen LogP contribution < -0.4 is 4.74 Å². The highest BCUT2D eigenvalue weighted by atomic mass is 16.5. The lowest BCUT2D eigenvalue weighted by Crippen LogP contribution is -2.37. The SMILES string of the molecule is CCC(=O)N1CCC(c2nnc(-c3ccc(OC)cc3)o2)CC1. The van der Waals surface area contributed by atoms with Crippen LogP contribution in [0.2, 0.25) is 0 Å². The molecule has 0 aliphatic carbocycles. The van der Waals surface area contributed by atoms with Crippen molar-refractivity contribution in [2.75, 3.05) is 20.2 Å². The number of ether oxygens (including phenoxy) is 1. The fourth-order valence-electron chi connectivity index (χ4n) is 2.85. The second-order valence-electron chi connectivity index (χ2n) is 5.68. The first-order valence-electron chi connectivity index (χ1n) is 7.97. The van der Waals surface area contributed by atoms with E-state index in [0.29, 0.717) is 18.2 Å². The van der Waals surface area contributed by atoms with Gasteiger partial charge >= 0.3 is 0 Å². The number of aromatic nitrogens is 2. The summed E-state index contributed by atoms with van der Waals surface area (Å²) in [4.78, 5) is 13.6. The van der Waals surface area contributed by atoms with Crippen molar-refractivity contribution in [1.82, 2.24) is 15.1 Å². The van der Waals surface area contributed by atoms with Crippen molar-refractivity contribution in [2.45, 2.75) is 32.1 Å². The zero-order valence-corrected chi connectivity index (χ0v) is 13.5. The van der Waals surface area contributed by atoms with Crippen LogP contribution in [0.4, 0.5) is 0 Å².